The first-order valence-electron chi connectivity index (χ1n) is 7.21. The van der Waals surface area contributed by atoms with Gasteiger partial charge in [-0.3, -0.25) is 4.79 Å². The molecule has 0 bridgehead atoms. The van der Waals surface area contributed by atoms with Gasteiger partial charge in [-0.05, 0) is 30.2 Å². The zero-order valence-electron chi connectivity index (χ0n) is 13.2. The van der Waals surface area contributed by atoms with Gasteiger partial charge in [0.15, 0.2) is 17.5 Å². The highest BCUT2D eigenvalue weighted by Gasteiger charge is 2.24. The lowest BCUT2D eigenvalue weighted by Crippen LogP contribution is -2.37. The number of amides is 1. The number of hydrogen-bond acceptors (Lipinski definition) is 1. The smallest absolute Gasteiger partial charge is 0.251 e. The molecule has 0 aliphatic carbocycles. The van der Waals surface area contributed by atoms with Crippen LogP contribution in [0.5, 0.6) is 0 Å². The van der Waals surface area contributed by atoms with Crippen molar-refractivity contribution in [3.05, 3.63) is 70.5 Å². The van der Waals surface area contributed by atoms with Gasteiger partial charge in [-0.2, -0.15) is 0 Å². The predicted molar refractivity (Wildman–Crippen MR) is 82.9 cm³/mol. The van der Waals surface area contributed by atoms with Crippen molar-refractivity contribution in [2.75, 3.05) is 6.54 Å². The molecular formula is C18H18F3NO. The molecule has 2 aromatic carbocycles. The summed E-state index contributed by atoms with van der Waals surface area (Å²) >= 11 is 0. The Hall–Kier alpha value is -2.30. The minimum Gasteiger partial charge on any atom is -0.351 e. The standard InChI is InChI=1S/C18H18F3NO/c1-11-6-4-5-7-13(11)18(2,3)10-22-17(23)12-8-14(19)16(21)15(20)9-12/h4-9H,10H2,1-3H3,(H,22,23). The third kappa shape index (κ3) is 3.73. The summed E-state index contributed by atoms with van der Waals surface area (Å²) in [6.07, 6.45) is 0. The Labute approximate surface area is 133 Å². The second kappa shape index (κ2) is 6.44. The minimum atomic E-state index is -1.58. The Morgan fingerprint density at radius 2 is 1.65 bits per heavy atom. The number of nitrogens with one attached hydrogen (secondary N) is 1. The van der Waals surface area contributed by atoms with Crippen molar-refractivity contribution in [3.63, 3.8) is 0 Å². The zero-order chi connectivity index (χ0) is 17.2. The summed E-state index contributed by atoms with van der Waals surface area (Å²) in [6.45, 7) is 6.17. The molecule has 122 valence electrons. The van der Waals surface area contributed by atoms with Crippen LogP contribution in [0.15, 0.2) is 36.4 Å². The average Bonchev–Trinajstić information content (AvgIpc) is 2.50. The Kier molecular flexibility index (Phi) is 4.78. The topological polar surface area (TPSA) is 29.1 Å². The summed E-state index contributed by atoms with van der Waals surface area (Å²) in [5, 5.41) is 2.64. The van der Waals surface area contributed by atoms with Crippen molar-refractivity contribution in [2.24, 2.45) is 0 Å². The van der Waals surface area contributed by atoms with Crippen molar-refractivity contribution < 1.29 is 18.0 Å². The number of benzene rings is 2. The van der Waals surface area contributed by atoms with E-state index in [1.807, 2.05) is 45.0 Å². The number of aryl methyl sites for hydroxylation is 1. The van der Waals surface area contributed by atoms with E-state index < -0.39 is 23.4 Å². The predicted octanol–water partition coefficient (Wildman–Crippen LogP) is 4.12. The molecule has 2 nitrogen and oxygen atoms in total. The summed E-state index contributed by atoms with van der Waals surface area (Å²) in [5.41, 5.74) is 1.54. The number of halogens is 3. The first-order chi connectivity index (χ1) is 10.7. The molecule has 0 fully saturated rings. The van der Waals surface area contributed by atoms with Crippen LogP contribution in [0.4, 0.5) is 13.2 Å². The minimum absolute atomic E-state index is 0.248. The molecule has 0 spiro atoms. The highest BCUT2D eigenvalue weighted by Crippen LogP contribution is 2.25. The zero-order valence-corrected chi connectivity index (χ0v) is 13.2. The maximum Gasteiger partial charge on any atom is 0.251 e. The molecular weight excluding hydrogens is 303 g/mol. The van der Waals surface area contributed by atoms with E-state index in [1.165, 1.54) is 0 Å². The molecule has 2 rings (SSSR count). The molecule has 0 saturated heterocycles. The fourth-order valence-corrected chi connectivity index (χ4v) is 2.52. The molecule has 0 heterocycles. The molecule has 23 heavy (non-hydrogen) atoms. The third-order valence-corrected chi connectivity index (χ3v) is 3.81. The van der Waals surface area contributed by atoms with Gasteiger partial charge in [0.1, 0.15) is 0 Å². The maximum absolute atomic E-state index is 13.2. The number of carbonyl (C=O) groups excluding carboxylic acids is 1. The SMILES string of the molecule is Cc1ccccc1C(C)(C)CNC(=O)c1cc(F)c(F)c(F)c1. The molecule has 0 unspecified atom stereocenters. The monoisotopic (exact) mass is 321 g/mol. The van der Waals surface area contributed by atoms with Crippen LogP contribution >= 0.6 is 0 Å². The van der Waals surface area contributed by atoms with E-state index in [0.29, 0.717) is 12.1 Å². The molecule has 1 amide bonds. The van der Waals surface area contributed by atoms with Gasteiger partial charge in [0.05, 0.1) is 0 Å². The van der Waals surface area contributed by atoms with Crippen LogP contribution in [0.1, 0.15) is 35.3 Å². The molecule has 1 N–H and O–H groups in total. The lowest BCUT2D eigenvalue weighted by Gasteiger charge is -2.27. The fraction of sp³-hybridized carbons (Fsp3) is 0.278. The molecule has 2 aromatic rings. The number of rotatable bonds is 4. The normalized spacial score (nSPS) is 11.4. The van der Waals surface area contributed by atoms with E-state index in [1.54, 1.807) is 0 Å². The van der Waals surface area contributed by atoms with Crippen LogP contribution < -0.4 is 5.32 Å². The van der Waals surface area contributed by atoms with E-state index in [-0.39, 0.29) is 17.5 Å². The van der Waals surface area contributed by atoms with Crippen LogP contribution in [0, 0.1) is 24.4 Å². The summed E-state index contributed by atoms with van der Waals surface area (Å²) in [7, 11) is 0. The largest absolute Gasteiger partial charge is 0.351 e. The van der Waals surface area contributed by atoms with Gasteiger partial charge in [0.2, 0.25) is 0 Å². The van der Waals surface area contributed by atoms with Crippen LogP contribution in [-0.4, -0.2) is 12.5 Å². The van der Waals surface area contributed by atoms with E-state index in [9.17, 15) is 18.0 Å². The van der Waals surface area contributed by atoms with Gasteiger partial charge < -0.3 is 5.32 Å². The molecule has 0 aliphatic rings. The van der Waals surface area contributed by atoms with Gasteiger partial charge in [0.25, 0.3) is 5.91 Å². The van der Waals surface area contributed by atoms with Gasteiger partial charge in [-0.25, -0.2) is 13.2 Å². The molecule has 0 atom stereocenters. The van der Waals surface area contributed by atoms with Crippen LogP contribution in [0.3, 0.4) is 0 Å². The molecule has 0 radical (unpaired) electrons. The van der Waals surface area contributed by atoms with Gasteiger partial charge in [-0.15, -0.1) is 0 Å². The first-order valence-corrected chi connectivity index (χ1v) is 7.21. The van der Waals surface area contributed by atoms with E-state index >= 15 is 0 Å². The Balaban J connectivity index is 2.14. The second-order valence-electron chi connectivity index (χ2n) is 6.14. The Morgan fingerprint density at radius 3 is 2.22 bits per heavy atom. The average molecular weight is 321 g/mol. The maximum atomic E-state index is 13.2. The van der Waals surface area contributed by atoms with Gasteiger partial charge in [0, 0.05) is 17.5 Å². The van der Waals surface area contributed by atoms with Crippen LogP contribution in [0.25, 0.3) is 0 Å². The second-order valence-corrected chi connectivity index (χ2v) is 6.14. The fourth-order valence-electron chi connectivity index (χ4n) is 2.52. The summed E-state index contributed by atoms with van der Waals surface area (Å²) in [4.78, 5) is 12.1. The van der Waals surface area contributed by atoms with Gasteiger partial charge in [-0.1, -0.05) is 38.1 Å². The van der Waals surface area contributed by atoms with Gasteiger partial charge >= 0.3 is 0 Å². The van der Waals surface area contributed by atoms with Crippen molar-refractivity contribution in [2.45, 2.75) is 26.2 Å². The van der Waals surface area contributed by atoms with E-state index in [4.69, 9.17) is 0 Å². The Morgan fingerprint density at radius 1 is 1.09 bits per heavy atom. The van der Waals surface area contributed by atoms with Crippen LogP contribution in [0.2, 0.25) is 0 Å². The Bertz CT molecular complexity index is 718. The lowest BCUT2D eigenvalue weighted by molar-refractivity contribution is 0.0944. The summed E-state index contributed by atoms with van der Waals surface area (Å²) in [6, 6.07) is 9.17. The lowest BCUT2D eigenvalue weighted by atomic mass is 9.82. The number of hydrogen-bond donors (Lipinski definition) is 1. The molecule has 0 aliphatic heterocycles. The highest BCUT2D eigenvalue weighted by atomic mass is 19.2. The first kappa shape index (κ1) is 17.1. The summed E-state index contributed by atoms with van der Waals surface area (Å²) < 4.78 is 39.3. The van der Waals surface area contributed by atoms with Crippen molar-refractivity contribution in [3.8, 4) is 0 Å². The van der Waals surface area contributed by atoms with Crippen LogP contribution in [-0.2, 0) is 5.41 Å². The van der Waals surface area contributed by atoms with E-state index in [0.717, 1.165) is 11.1 Å². The molecule has 0 aromatic heterocycles. The van der Waals surface area contributed by atoms with Crippen molar-refractivity contribution in [1.82, 2.24) is 5.32 Å². The molecule has 5 heteroatoms. The highest BCUT2D eigenvalue weighted by molar-refractivity contribution is 5.94. The summed E-state index contributed by atoms with van der Waals surface area (Å²) in [5.74, 6) is -4.99. The third-order valence-electron chi connectivity index (χ3n) is 3.81. The number of carbonyl (C=O) groups is 1. The quantitative estimate of drug-likeness (QED) is 0.843. The molecule has 0 saturated carbocycles. The van der Waals surface area contributed by atoms with Crippen molar-refractivity contribution in [1.29, 1.82) is 0 Å². The van der Waals surface area contributed by atoms with E-state index in [2.05, 4.69) is 5.32 Å². The van der Waals surface area contributed by atoms with Crippen molar-refractivity contribution >= 4 is 5.91 Å².